The van der Waals surface area contributed by atoms with E-state index in [1.807, 2.05) is 0 Å². The summed E-state index contributed by atoms with van der Waals surface area (Å²) in [6, 6.07) is 7.97. The minimum Gasteiger partial charge on any atom is -0.482 e. The van der Waals surface area contributed by atoms with E-state index in [0.717, 1.165) is 25.1 Å². The molecule has 2 N–H and O–H groups in total. The highest BCUT2D eigenvalue weighted by atomic mass is 32.2. The predicted octanol–water partition coefficient (Wildman–Crippen LogP) is 1.68. The average molecular weight is 398 g/mol. The summed E-state index contributed by atoms with van der Waals surface area (Å²) in [4.78, 5) is 16.0. The normalized spacial score (nSPS) is 19.3. The molecule has 8 nitrogen and oxygen atoms in total. The van der Waals surface area contributed by atoms with E-state index in [4.69, 9.17) is 4.74 Å². The molecule has 1 aromatic carbocycles. The van der Waals surface area contributed by atoms with E-state index in [2.05, 4.69) is 15.6 Å². The van der Waals surface area contributed by atoms with E-state index in [1.54, 1.807) is 30.6 Å². The number of anilines is 1. The van der Waals surface area contributed by atoms with E-state index < -0.39 is 10.0 Å². The second-order valence-electron chi connectivity index (χ2n) is 6.94. The lowest BCUT2D eigenvalue weighted by atomic mass is 10.0. The standard InChI is InChI=1S/C19H18N4O4S/c24-18-11-27-17-8-13(3-4-15(17)22-18)28(25,26)23-10-14(12-5-7-20-9-12)19-16(23)2-1-6-21-19/h1-4,6,8,10,12,20H,5,7,9,11H2,(H,22,24)/t12-/m1/s1. The first-order valence-corrected chi connectivity index (χ1v) is 10.5. The van der Waals surface area contributed by atoms with Gasteiger partial charge in [-0.25, -0.2) is 12.4 Å². The Bertz CT molecular complexity index is 1200. The van der Waals surface area contributed by atoms with Gasteiger partial charge >= 0.3 is 0 Å². The van der Waals surface area contributed by atoms with Crippen LogP contribution >= 0.6 is 0 Å². The van der Waals surface area contributed by atoms with Gasteiger partial charge in [0, 0.05) is 36.5 Å². The summed E-state index contributed by atoms with van der Waals surface area (Å²) in [6.07, 6.45) is 4.31. The van der Waals surface area contributed by atoms with Crippen molar-refractivity contribution < 1.29 is 17.9 Å². The summed E-state index contributed by atoms with van der Waals surface area (Å²) in [5.41, 5.74) is 2.66. The van der Waals surface area contributed by atoms with Crippen LogP contribution in [0.15, 0.2) is 47.6 Å². The van der Waals surface area contributed by atoms with Crippen molar-refractivity contribution in [3.05, 3.63) is 48.3 Å². The number of carbonyl (C=O) groups is 1. The summed E-state index contributed by atoms with van der Waals surface area (Å²) < 4.78 is 33.5. The number of amides is 1. The fourth-order valence-electron chi connectivity index (χ4n) is 3.80. The van der Waals surface area contributed by atoms with Gasteiger partial charge in [0.25, 0.3) is 15.9 Å². The fraction of sp³-hybridized carbons (Fsp3) is 0.263. The van der Waals surface area contributed by atoms with Gasteiger partial charge in [0.2, 0.25) is 0 Å². The molecule has 1 atom stereocenters. The highest BCUT2D eigenvalue weighted by molar-refractivity contribution is 7.90. The van der Waals surface area contributed by atoms with Crippen molar-refractivity contribution in [1.82, 2.24) is 14.3 Å². The first kappa shape index (κ1) is 17.2. The zero-order valence-electron chi connectivity index (χ0n) is 14.9. The lowest BCUT2D eigenvalue weighted by Crippen LogP contribution is -2.25. The zero-order chi connectivity index (χ0) is 19.3. The Balaban J connectivity index is 1.64. The SMILES string of the molecule is O=C1COc2cc(S(=O)(=O)n3cc([C@@H]4CCNC4)c4ncccc43)ccc2N1. The van der Waals surface area contributed by atoms with Crippen LogP contribution in [0.2, 0.25) is 0 Å². The second kappa shape index (κ2) is 6.32. The molecule has 2 aliphatic heterocycles. The van der Waals surface area contributed by atoms with Crippen molar-refractivity contribution in [3.8, 4) is 5.75 Å². The summed E-state index contributed by atoms with van der Waals surface area (Å²) in [6.45, 7) is 1.58. The van der Waals surface area contributed by atoms with Crippen LogP contribution in [0.4, 0.5) is 5.69 Å². The molecule has 144 valence electrons. The Morgan fingerprint density at radius 1 is 1.25 bits per heavy atom. The van der Waals surface area contributed by atoms with E-state index in [1.165, 1.54) is 16.1 Å². The van der Waals surface area contributed by atoms with Crippen LogP contribution in [-0.4, -0.2) is 43.0 Å². The van der Waals surface area contributed by atoms with E-state index in [9.17, 15) is 13.2 Å². The van der Waals surface area contributed by atoms with E-state index in [0.29, 0.717) is 22.5 Å². The monoisotopic (exact) mass is 398 g/mol. The summed E-state index contributed by atoms with van der Waals surface area (Å²) in [5.74, 6) is 0.312. The van der Waals surface area contributed by atoms with E-state index >= 15 is 0 Å². The molecule has 0 aliphatic carbocycles. The number of hydrogen-bond donors (Lipinski definition) is 2. The predicted molar refractivity (Wildman–Crippen MR) is 103 cm³/mol. The number of aromatic nitrogens is 2. The van der Waals surface area contributed by atoms with Gasteiger partial charge in [-0.05, 0) is 37.2 Å². The lowest BCUT2D eigenvalue weighted by molar-refractivity contribution is -0.118. The van der Waals surface area contributed by atoms with Gasteiger partial charge in [-0.15, -0.1) is 0 Å². The first-order chi connectivity index (χ1) is 13.5. The van der Waals surface area contributed by atoms with Gasteiger partial charge in [-0.1, -0.05) is 0 Å². The van der Waals surface area contributed by atoms with Crippen LogP contribution in [0, 0.1) is 0 Å². The lowest BCUT2D eigenvalue weighted by Gasteiger charge is -2.18. The van der Waals surface area contributed by atoms with Crippen molar-refractivity contribution in [2.45, 2.75) is 17.2 Å². The van der Waals surface area contributed by atoms with Crippen molar-refractivity contribution in [2.24, 2.45) is 0 Å². The smallest absolute Gasteiger partial charge is 0.268 e. The number of hydrogen-bond acceptors (Lipinski definition) is 6. The number of fused-ring (bicyclic) bond motifs is 2. The van der Waals surface area contributed by atoms with Crippen molar-refractivity contribution in [3.63, 3.8) is 0 Å². The van der Waals surface area contributed by atoms with Crippen LogP contribution in [-0.2, 0) is 14.8 Å². The molecule has 0 radical (unpaired) electrons. The third-order valence-corrected chi connectivity index (χ3v) is 6.87. The Morgan fingerprint density at radius 3 is 2.96 bits per heavy atom. The number of carbonyl (C=O) groups excluding carboxylic acids is 1. The Kier molecular flexibility index (Phi) is 3.88. The zero-order valence-corrected chi connectivity index (χ0v) is 15.7. The molecule has 5 rings (SSSR count). The molecule has 9 heteroatoms. The van der Waals surface area contributed by atoms with Gasteiger partial charge < -0.3 is 15.4 Å². The number of nitrogens with zero attached hydrogens (tertiary/aromatic N) is 2. The molecule has 0 bridgehead atoms. The molecule has 0 saturated carbocycles. The molecule has 4 heterocycles. The second-order valence-corrected chi connectivity index (χ2v) is 8.76. The molecule has 0 spiro atoms. The number of benzene rings is 1. The Morgan fingerprint density at radius 2 is 2.14 bits per heavy atom. The number of nitrogens with one attached hydrogen (secondary N) is 2. The molecule has 2 aromatic heterocycles. The van der Waals surface area contributed by atoms with Gasteiger partial charge in [-0.3, -0.25) is 9.78 Å². The third-order valence-electron chi connectivity index (χ3n) is 5.20. The van der Waals surface area contributed by atoms with Crippen molar-refractivity contribution >= 4 is 32.7 Å². The van der Waals surface area contributed by atoms with Crippen molar-refractivity contribution in [2.75, 3.05) is 25.0 Å². The summed E-state index contributed by atoms with van der Waals surface area (Å²) >= 11 is 0. The largest absolute Gasteiger partial charge is 0.482 e. The maximum atomic E-state index is 13.4. The Labute approximate surface area is 161 Å². The van der Waals surface area contributed by atoms with Crippen LogP contribution in [0.3, 0.4) is 0 Å². The number of pyridine rings is 1. The third kappa shape index (κ3) is 2.66. The quantitative estimate of drug-likeness (QED) is 0.696. The fourth-order valence-corrected chi connectivity index (χ4v) is 5.18. The molecule has 0 unspecified atom stereocenters. The topological polar surface area (TPSA) is 102 Å². The van der Waals surface area contributed by atoms with Crippen LogP contribution < -0.4 is 15.4 Å². The Hall–Kier alpha value is -2.91. The molecule has 3 aromatic rings. The van der Waals surface area contributed by atoms with Crippen LogP contribution in [0.5, 0.6) is 5.75 Å². The maximum absolute atomic E-state index is 13.4. The minimum absolute atomic E-state index is 0.0965. The van der Waals surface area contributed by atoms with Gasteiger partial charge in [0.1, 0.15) is 5.75 Å². The van der Waals surface area contributed by atoms with Crippen LogP contribution in [0.1, 0.15) is 17.9 Å². The number of rotatable bonds is 3. The molecule has 1 fully saturated rings. The maximum Gasteiger partial charge on any atom is 0.268 e. The minimum atomic E-state index is -3.86. The number of ether oxygens (including phenoxy) is 1. The average Bonchev–Trinajstić information content (AvgIpc) is 3.35. The highest BCUT2D eigenvalue weighted by Gasteiger charge is 2.28. The molecule has 1 amide bonds. The molecule has 2 aliphatic rings. The van der Waals surface area contributed by atoms with Gasteiger partial charge in [-0.2, -0.15) is 0 Å². The van der Waals surface area contributed by atoms with E-state index in [-0.39, 0.29) is 23.3 Å². The molecular formula is C19H18N4O4S. The summed E-state index contributed by atoms with van der Waals surface area (Å²) in [7, 11) is -3.86. The molecule has 1 saturated heterocycles. The first-order valence-electron chi connectivity index (χ1n) is 9.03. The van der Waals surface area contributed by atoms with Crippen molar-refractivity contribution in [1.29, 1.82) is 0 Å². The molecule has 28 heavy (non-hydrogen) atoms. The molecular weight excluding hydrogens is 380 g/mol. The van der Waals surface area contributed by atoms with Crippen LogP contribution in [0.25, 0.3) is 11.0 Å². The highest BCUT2D eigenvalue weighted by Crippen LogP contribution is 2.34. The summed E-state index contributed by atoms with van der Waals surface area (Å²) in [5, 5.41) is 5.98. The van der Waals surface area contributed by atoms with Gasteiger partial charge in [0.05, 0.1) is 21.6 Å². The van der Waals surface area contributed by atoms with Gasteiger partial charge in [0.15, 0.2) is 6.61 Å².